The average molecular weight is 260 g/mol. The molecule has 0 aromatic rings. The van der Waals surface area contributed by atoms with Crippen LogP contribution in [0.25, 0.3) is 0 Å². The van der Waals surface area contributed by atoms with Crippen LogP contribution in [-0.2, 0) is 10.0 Å². The van der Waals surface area contributed by atoms with E-state index in [1.54, 1.807) is 0 Å². The molecule has 100 valence electrons. The van der Waals surface area contributed by atoms with Crippen LogP contribution in [0.3, 0.4) is 0 Å². The van der Waals surface area contributed by atoms with Crippen molar-refractivity contribution in [1.82, 2.24) is 10.0 Å². The lowest BCUT2D eigenvalue weighted by molar-refractivity contribution is 0.475. The third-order valence-electron chi connectivity index (χ3n) is 3.79. The first-order valence-electron chi connectivity index (χ1n) is 6.80. The Labute approximate surface area is 105 Å². The van der Waals surface area contributed by atoms with Gasteiger partial charge in [0, 0.05) is 12.1 Å². The predicted molar refractivity (Wildman–Crippen MR) is 69.4 cm³/mol. The van der Waals surface area contributed by atoms with Crippen molar-refractivity contribution in [3.63, 3.8) is 0 Å². The Hall–Kier alpha value is -0.130. The molecular weight excluding hydrogens is 236 g/mol. The molecule has 4 nitrogen and oxygen atoms in total. The largest absolute Gasteiger partial charge is 0.314 e. The molecule has 2 unspecified atom stereocenters. The minimum atomic E-state index is -3.07. The molecule has 0 aliphatic heterocycles. The summed E-state index contributed by atoms with van der Waals surface area (Å²) in [5.74, 6) is 0.755. The van der Waals surface area contributed by atoms with Crippen LogP contribution in [0.2, 0.25) is 0 Å². The van der Waals surface area contributed by atoms with Crippen molar-refractivity contribution in [2.45, 2.75) is 57.5 Å². The molecule has 0 aromatic heterocycles. The predicted octanol–water partition coefficient (Wildman–Crippen LogP) is 1.24. The Kier molecular flexibility index (Phi) is 4.44. The number of hydrogen-bond donors (Lipinski definition) is 2. The molecular formula is C12H24N2O2S. The van der Waals surface area contributed by atoms with E-state index in [2.05, 4.69) is 17.0 Å². The maximum absolute atomic E-state index is 11.9. The summed E-state index contributed by atoms with van der Waals surface area (Å²) >= 11 is 0. The number of sulfonamides is 1. The zero-order valence-corrected chi connectivity index (χ0v) is 11.4. The van der Waals surface area contributed by atoms with Crippen molar-refractivity contribution < 1.29 is 8.42 Å². The van der Waals surface area contributed by atoms with Crippen molar-refractivity contribution in [2.75, 3.05) is 12.3 Å². The summed E-state index contributed by atoms with van der Waals surface area (Å²) in [4.78, 5) is 0. The van der Waals surface area contributed by atoms with E-state index in [-0.39, 0.29) is 11.8 Å². The highest BCUT2D eigenvalue weighted by molar-refractivity contribution is 7.89. The van der Waals surface area contributed by atoms with Gasteiger partial charge in [-0.25, -0.2) is 13.1 Å². The first-order chi connectivity index (χ1) is 8.07. The Morgan fingerprint density at radius 2 is 1.94 bits per heavy atom. The summed E-state index contributed by atoms with van der Waals surface area (Å²) in [6, 6.07) is 0.844. The first kappa shape index (κ1) is 13.3. The van der Waals surface area contributed by atoms with E-state index in [1.807, 2.05) is 0 Å². The van der Waals surface area contributed by atoms with Crippen molar-refractivity contribution in [3.05, 3.63) is 0 Å². The second-order valence-corrected chi connectivity index (χ2v) is 7.41. The normalized spacial score (nSPS) is 29.7. The minimum Gasteiger partial charge on any atom is -0.314 e. The van der Waals surface area contributed by atoms with Crippen molar-refractivity contribution in [3.8, 4) is 0 Å². The summed E-state index contributed by atoms with van der Waals surface area (Å²) in [6.45, 7) is 2.96. The minimum absolute atomic E-state index is 0.177. The monoisotopic (exact) mass is 260 g/mol. The molecule has 2 atom stereocenters. The van der Waals surface area contributed by atoms with Crippen LogP contribution in [0.4, 0.5) is 0 Å². The zero-order chi connectivity index (χ0) is 12.3. The van der Waals surface area contributed by atoms with Gasteiger partial charge in [0.2, 0.25) is 10.0 Å². The van der Waals surface area contributed by atoms with Crippen LogP contribution in [-0.4, -0.2) is 32.8 Å². The summed E-state index contributed by atoms with van der Waals surface area (Å²) in [7, 11) is -3.07. The number of hydrogen-bond acceptors (Lipinski definition) is 3. The third kappa shape index (κ3) is 4.56. The molecule has 0 spiro atoms. The van der Waals surface area contributed by atoms with E-state index in [0.29, 0.717) is 18.4 Å². The molecule has 2 saturated carbocycles. The Morgan fingerprint density at radius 3 is 2.53 bits per heavy atom. The SMILES string of the molecule is CC1CCCC1NS(=O)(=O)CCCNC1CC1. The van der Waals surface area contributed by atoms with E-state index >= 15 is 0 Å². The van der Waals surface area contributed by atoms with Crippen molar-refractivity contribution in [1.29, 1.82) is 0 Å². The third-order valence-corrected chi connectivity index (χ3v) is 5.28. The Balaban J connectivity index is 1.66. The van der Waals surface area contributed by atoms with Gasteiger partial charge < -0.3 is 5.32 Å². The maximum atomic E-state index is 11.9. The fourth-order valence-corrected chi connectivity index (χ4v) is 3.92. The zero-order valence-electron chi connectivity index (χ0n) is 10.6. The lowest BCUT2D eigenvalue weighted by Crippen LogP contribution is -2.38. The first-order valence-corrected chi connectivity index (χ1v) is 8.45. The summed E-state index contributed by atoms with van der Waals surface area (Å²) in [5, 5.41) is 3.34. The summed E-state index contributed by atoms with van der Waals surface area (Å²) < 4.78 is 26.6. The second-order valence-electron chi connectivity index (χ2n) is 5.53. The topological polar surface area (TPSA) is 58.2 Å². The maximum Gasteiger partial charge on any atom is 0.211 e. The summed E-state index contributed by atoms with van der Waals surface area (Å²) in [5.41, 5.74) is 0. The van der Waals surface area contributed by atoms with Gasteiger partial charge in [-0.05, 0) is 44.6 Å². The molecule has 2 aliphatic rings. The van der Waals surface area contributed by atoms with E-state index in [9.17, 15) is 8.42 Å². The molecule has 0 saturated heterocycles. The molecule has 2 N–H and O–H groups in total. The lowest BCUT2D eigenvalue weighted by atomic mass is 10.1. The molecule has 2 aliphatic carbocycles. The van der Waals surface area contributed by atoms with Crippen LogP contribution in [0.15, 0.2) is 0 Å². The van der Waals surface area contributed by atoms with Crippen LogP contribution in [0.1, 0.15) is 45.4 Å². The van der Waals surface area contributed by atoms with Crippen LogP contribution in [0.5, 0.6) is 0 Å². The Morgan fingerprint density at radius 1 is 1.18 bits per heavy atom. The molecule has 0 amide bonds. The summed E-state index contributed by atoms with van der Waals surface area (Å²) in [6.07, 6.45) is 6.52. The smallest absolute Gasteiger partial charge is 0.211 e. The highest BCUT2D eigenvalue weighted by Crippen LogP contribution is 2.25. The number of nitrogens with one attached hydrogen (secondary N) is 2. The lowest BCUT2D eigenvalue weighted by Gasteiger charge is -2.17. The quantitative estimate of drug-likeness (QED) is 0.677. The second kappa shape index (κ2) is 5.67. The molecule has 0 bridgehead atoms. The van der Waals surface area contributed by atoms with Crippen LogP contribution in [0, 0.1) is 5.92 Å². The Bertz CT molecular complexity index is 338. The highest BCUT2D eigenvalue weighted by Gasteiger charge is 2.27. The van der Waals surface area contributed by atoms with Crippen LogP contribution < -0.4 is 10.0 Å². The van der Waals surface area contributed by atoms with Gasteiger partial charge in [-0.1, -0.05) is 13.3 Å². The van der Waals surface area contributed by atoms with E-state index in [1.165, 1.54) is 12.8 Å². The standard InChI is InChI=1S/C12H24N2O2S/c1-10-4-2-5-12(10)14-17(15,16)9-3-8-13-11-6-7-11/h10-14H,2-9H2,1H3. The molecule has 2 rings (SSSR count). The fourth-order valence-electron chi connectivity index (χ4n) is 2.47. The van der Waals surface area contributed by atoms with Gasteiger partial charge in [0.05, 0.1) is 5.75 Å². The fraction of sp³-hybridized carbons (Fsp3) is 1.00. The van der Waals surface area contributed by atoms with Gasteiger partial charge in [0.1, 0.15) is 0 Å². The van der Waals surface area contributed by atoms with Crippen molar-refractivity contribution in [2.24, 2.45) is 5.92 Å². The van der Waals surface area contributed by atoms with Gasteiger partial charge in [0.15, 0.2) is 0 Å². The van der Waals surface area contributed by atoms with Gasteiger partial charge >= 0.3 is 0 Å². The van der Waals surface area contributed by atoms with Crippen LogP contribution >= 0.6 is 0 Å². The molecule has 0 aromatic carbocycles. The van der Waals surface area contributed by atoms with Gasteiger partial charge in [-0.2, -0.15) is 0 Å². The van der Waals surface area contributed by atoms with Crippen molar-refractivity contribution >= 4 is 10.0 Å². The van der Waals surface area contributed by atoms with Gasteiger partial charge in [-0.3, -0.25) is 0 Å². The molecule has 0 heterocycles. The highest BCUT2D eigenvalue weighted by atomic mass is 32.2. The molecule has 0 radical (unpaired) electrons. The van der Waals surface area contributed by atoms with Gasteiger partial charge in [-0.15, -0.1) is 0 Å². The van der Waals surface area contributed by atoms with E-state index in [0.717, 1.165) is 25.8 Å². The number of rotatable bonds is 7. The average Bonchev–Trinajstić information content (AvgIpc) is 3.00. The molecule has 17 heavy (non-hydrogen) atoms. The molecule has 5 heteroatoms. The molecule has 2 fully saturated rings. The van der Waals surface area contributed by atoms with E-state index < -0.39 is 10.0 Å². The van der Waals surface area contributed by atoms with E-state index in [4.69, 9.17) is 0 Å². The van der Waals surface area contributed by atoms with Gasteiger partial charge in [0.25, 0.3) is 0 Å².